The fourth-order valence-electron chi connectivity index (χ4n) is 1.22. The number of nitrogens with two attached hydrogens (primary N) is 1. The molecular weight excluding hydrogens is 270 g/mol. The average molecular weight is 287 g/mol. The molecule has 0 radical (unpaired) electrons. The predicted molar refractivity (Wildman–Crippen MR) is 71.9 cm³/mol. The van der Waals surface area contributed by atoms with E-state index in [0.717, 1.165) is 13.8 Å². The molecule has 19 heavy (non-hydrogen) atoms. The van der Waals surface area contributed by atoms with E-state index in [2.05, 4.69) is 0 Å². The number of carbonyl (C=O) groups is 1. The van der Waals surface area contributed by atoms with Gasteiger partial charge in [0, 0.05) is 5.69 Å². The van der Waals surface area contributed by atoms with Crippen LogP contribution in [-0.2, 0) is 14.6 Å². The lowest BCUT2D eigenvalue weighted by atomic mass is 10.2. The minimum atomic E-state index is -3.79. The second-order valence-electron chi connectivity index (χ2n) is 4.55. The van der Waals surface area contributed by atoms with E-state index in [9.17, 15) is 13.2 Å². The van der Waals surface area contributed by atoms with E-state index in [1.54, 1.807) is 24.3 Å². The monoisotopic (exact) mass is 287 g/mol. The third-order valence-electron chi connectivity index (χ3n) is 2.79. The van der Waals surface area contributed by atoms with Crippen molar-refractivity contribution in [2.45, 2.75) is 18.6 Å². The van der Waals surface area contributed by atoms with Crippen molar-refractivity contribution in [3.63, 3.8) is 0 Å². The molecule has 0 heterocycles. The van der Waals surface area contributed by atoms with E-state index in [0.29, 0.717) is 11.4 Å². The minimum Gasteiger partial charge on any atom is -0.493 e. The molecule has 106 valence electrons. The largest absolute Gasteiger partial charge is 0.493 e. The first-order chi connectivity index (χ1) is 8.67. The highest BCUT2D eigenvalue weighted by atomic mass is 32.2. The first kappa shape index (κ1) is 15.3. The summed E-state index contributed by atoms with van der Waals surface area (Å²) in [6, 6.07) is 6.49. The number of rotatable bonds is 6. The molecule has 0 aromatic heterocycles. The summed E-state index contributed by atoms with van der Waals surface area (Å²) in [5, 5.41) is 8.89. The second-order valence-corrected chi connectivity index (χ2v) is 7.21. The van der Waals surface area contributed by atoms with E-state index < -0.39 is 20.6 Å². The number of hydrogen-bond acceptors (Lipinski definition) is 5. The standard InChI is InChI=1S/C12H17NO5S/c1-12(2,11(14)15)19(16,17)8-7-18-10-5-3-9(13)4-6-10/h3-6H,7-8,13H2,1-2H3,(H,14,15). The number of carboxylic acids is 1. The smallest absolute Gasteiger partial charge is 0.324 e. The van der Waals surface area contributed by atoms with Crippen LogP contribution < -0.4 is 10.5 Å². The minimum absolute atomic E-state index is 0.108. The fraction of sp³-hybridized carbons (Fsp3) is 0.417. The van der Waals surface area contributed by atoms with E-state index in [-0.39, 0.29) is 12.4 Å². The van der Waals surface area contributed by atoms with Crippen molar-refractivity contribution >= 4 is 21.5 Å². The number of aliphatic carboxylic acids is 1. The maximum Gasteiger partial charge on any atom is 0.324 e. The fourth-order valence-corrected chi connectivity index (χ4v) is 2.30. The topological polar surface area (TPSA) is 107 Å². The summed E-state index contributed by atoms with van der Waals surface area (Å²) in [6.07, 6.45) is 0. The molecule has 0 saturated heterocycles. The van der Waals surface area contributed by atoms with Crippen molar-refractivity contribution in [3.05, 3.63) is 24.3 Å². The number of anilines is 1. The number of benzene rings is 1. The molecule has 0 aliphatic rings. The molecular formula is C12H17NO5S. The maximum atomic E-state index is 11.9. The Labute approximate surface area is 112 Å². The predicted octanol–water partition coefficient (Wildman–Crippen LogP) is 0.926. The summed E-state index contributed by atoms with van der Waals surface area (Å²) in [4.78, 5) is 10.9. The SMILES string of the molecule is CC(C)(C(=O)O)S(=O)(=O)CCOc1ccc(N)cc1. The van der Waals surface area contributed by atoms with Crippen molar-refractivity contribution in [1.82, 2.24) is 0 Å². The summed E-state index contributed by atoms with van der Waals surface area (Å²) < 4.78 is 27.1. The van der Waals surface area contributed by atoms with Gasteiger partial charge in [-0.05, 0) is 38.1 Å². The number of sulfone groups is 1. The van der Waals surface area contributed by atoms with E-state index in [4.69, 9.17) is 15.6 Å². The van der Waals surface area contributed by atoms with Gasteiger partial charge in [0.15, 0.2) is 14.6 Å². The summed E-state index contributed by atoms with van der Waals surface area (Å²) >= 11 is 0. The highest BCUT2D eigenvalue weighted by Gasteiger charge is 2.41. The third-order valence-corrected chi connectivity index (χ3v) is 5.23. The molecule has 0 spiro atoms. The molecule has 0 aliphatic carbocycles. The van der Waals surface area contributed by atoms with Gasteiger partial charge >= 0.3 is 5.97 Å². The van der Waals surface area contributed by atoms with Gasteiger partial charge in [-0.15, -0.1) is 0 Å². The van der Waals surface area contributed by atoms with Crippen LogP contribution in [0.4, 0.5) is 5.69 Å². The second kappa shape index (κ2) is 5.48. The van der Waals surface area contributed by atoms with Crippen LogP contribution in [-0.4, -0.2) is 36.6 Å². The van der Waals surface area contributed by atoms with Gasteiger partial charge in [0.25, 0.3) is 0 Å². The van der Waals surface area contributed by atoms with E-state index in [1.165, 1.54) is 0 Å². The van der Waals surface area contributed by atoms with E-state index in [1.807, 2.05) is 0 Å². The number of ether oxygens (including phenoxy) is 1. The van der Waals surface area contributed by atoms with Gasteiger partial charge in [-0.2, -0.15) is 0 Å². The lowest BCUT2D eigenvalue weighted by Crippen LogP contribution is -2.42. The summed E-state index contributed by atoms with van der Waals surface area (Å²) in [7, 11) is -3.79. The van der Waals surface area contributed by atoms with E-state index >= 15 is 0 Å². The molecule has 7 heteroatoms. The maximum absolute atomic E-state index is 11.9. The van der Waals surface area contributed by atoms with Crippen LogP contribution in [0.5, 0.6) is 5.75 Å². The third kappa shape index (κ3) is 3.60. The summed E-state index contributed by atoms with van der Waals surface area (Å²) in [5.41, 5.74) is 6.07. The van der Waals surface area contributed by atoms with Crippen LogP contribution in [0.3, 0.4) is 0 Å². The molecule has 0 amide bonds. The molecule has 0 aliphatic heterocycles. The Hall–Kier alpha value is -1.76. The van der Waals surface area contributed by atoms with Gasteiger partial charge in [-0.25, -0.2) is 8.42 Å². The lowest BCUT2D eigenvalue weighted by Gasteiger charge is -2.19. The Balaban J connectivity index is 2.62. The van der Waals surface area contributed by atoms with Crippen LogP contribution in [0.25, 0.3) is 0 Å². The Bertz CT molecular complexity index is 548. The van der Waals surface area contributed by atoms with Crippen LogP contribution in [0, 0.1) is 0 Å². The van der Waals surface area contributed by atoms with Gasteiger partial charge in [0.1, 0.15) is 12.4 Å². The zero-order valence-corrected chi connectivity index (χ0v) is 11.6. The van der Waals surface area contributed by atoms with Crippen molar-refractivity contribution in [2.75, 3.05) is 18.1 Å². The van der Waals surface area contributed by atoms with Gasteiger partial charge in [0.05, 0.1) is 5.75 Å². The number of hydrogen-bond donors (Lipinski definition) is 2. The molecule has 1 rings (SSSR count). The lowest BCUT2D eigenvalue weighted by molar-refractivity contribution is -0.139. The molecule has 0 saturated carbocycles. The van der Waals surface area contributed by atoms with Crippen molar-refractivity contribution in [1.29, 1.82) is 0 Å². The Kier molecular flexibility index (Phi) is 4.41. The molecule has 1 aromatic carbocycles. The average Bonchev–Trinajstić information content (AvgIpc) is 2.31. The molecule has 3 N–H and O–H groups in total. The molecule has 0 atom stereocenters. The molecule has 1 aromatic rings. The van der Waals surface area contributed by atoms with Crippen LogP contribution in [0.2, 0.25) is 0 Å². The normalized spacial score (nSPS) is 12.1. The Morgan fingerprint density at radius 3 is 2.32 bits per heavy atom. The molecule has 6 nitrogen and oxygen atoms in total. The first-order valence-electron chi connectivity index (χ1n) is 5.61. The Morgan fingerprint density at radius 1 is 1.32 bits per heavy atom. The van der Waals surface area contributed by atoms with Crippen molar-refractivity contribution < 1.29 is 23.1 Å². The van der Waals surface area contributed by atoms with Gasteiger partial charge in [0.2, 0.25) is 0 Å². The highest BCUT2D eigenvalue weighted by Crippen LogP contribution is 2.18. The zero-order chi connectivity index (χ0) is 14.7. The highest BCUT2D eigenvalue weighted by molar-refractivity contribution is 7.93. The van der Waals surface area contributed by atoms with Crippen LogP contribution in [0.15, 0.2) is 24.3 Å². The number of nitrogen functional groups attached to an aromatic ring is 1. The van der Waals surface area contributed by atoms with Gasteiger partial charge in [-0.1, -0.05) is 0 Å². The Morgan fingerprint density at radius 2 is 1.84 bits per heavy atom. The van der Waals surface area contributed by atoms with Crippen molar-refractivity contribution in [3.8, 4) is 5.75 Å². The number of carboxylic acid groups (broad SMARTS) is 1. The summed E-state index contributed by atoms with van der Waals surface area (Å²) in [6.45, 7) is 2.21. The molecule has 0 unspecified atom stereocenters. The summed E-state index contributed by atoms with van der Waals surface area (Å²) in [5.74, 6) is -1.26. The quantitative estimate of drug-likeness (QED) is 0.754. The first-order valence-corrected chi connectivity index (χ1v) is 7.26. The van der Waals surface area contributed by atoms with Gasteiger partial charge in [-0.3, -0.25) is 4.79 Å². The zero-order valence-electron chi connectivity index (χ0n) is 10.8. The van der Waals surface area contributed by atoms with Gasteiger partial charge < -0.3 is 15.6 Å². The molecule has 0 bridgehead atoms. The van der Waals surface area contributed by atoms with Crippen LogP contribution in [0.1, 0.15) is 13.8 Å². The van der Waals surface area contributed by atoms with Crippen LogP contribution >= 0.6 is 0 Å². The van der Waals surface area contributed by atoms with Crippen molar-refractivity contribution in [2.24, 2.45) is 0 Å². The molecule has 0 fully saturated rings.